The summed E-state index contributed by atoms with van der Waals surface area (Å²) < 4.78 is 6.00. The standard InChI is InChI=1S/C24H19NO4/c1-14-11-15(2)23-20(12-14)21(27)13-22(29-23)16-3-5-17(6-4-16)24(28)25-18-7-9-19(26)10-8-18/h3-13,26H,1-2H3,(H,25,28). The van der Waals surface area contributed by atoms with Crippen molar-refractivity contribution < 1.29 is 14.3 Å². The van der Waals surface area contributed by atoms with E-state index in [1.54, 1.807) is 36.4 Å². The van der Waals surface area contributed by atoms with Gasteiger partial charge in [-0.25, -0.2) is 0 Å². The lowest BCUT2D eigenvalue weighted by molar-refractivity contribution is 0.102. The summed E-state index contributed by atoms with van der Waals surface area (Å²) in [5.41, 5.74) is 4.17. The van der Waals surface area contributed by atoms with Crippen LogP contribution >= 0.6 is 0 Å². The molecule has 0 aliphatic heterocycles. The Morgan fingerprint density at radius 3 is 2.31 bits per heavy atom. The Balaban J connectivity index is 1.63. The maximum atomic E-state index is 12.5. The summed E-state index contributed by atoms with van der Waals surface area (Å²) in [7, 11) is 0. The molecule has 3 aromatic carbocycles. The second-order valence-corrected chi connectivity index (χ2v) is 7.01. The number of phenols is 1. The first-order valence-corrected chi connectivity index (χ1v) is 9.16. The molecule has 0 aliphatic rings. The van der Waals surface area contributed by atoms with E-state index in [4.69, 9.17) is 4.42 Å². The molecule has 1 heterocycles. The van der Waals surface area contributed by atoms with Crippen molar-refractivity contribution >= 4 is 22.6 Å². The molecule has 5 nitrogen and oxygen atoms in total. The fraction of sp³-hybridized carbons (Fsp3) is 0.0833. The molecule has 0 bridgehead atoms. The smallest absolute Gasteiger partial charge is 0.255 e. The molecular formula is C24H19NO4. The zero-order valence-corrected chi connectivity index (χ0v) is 16.0. The predicted octanol–water partition coefficient (Wildman–Crippen LogP) is 5.03. The number of benzene rings is 3. The molecule has 144 valence electrons. The van der Waals surface area contributed by atoms with Crippen molar-refractivity contribution in [1.82, 2.24) is 0 Å². The van der Waals surface area contributed by atoms with E-state index in [1.807, 2.05) is 26.0 Å². The van der Waals surface area contributed by atoms with Crippen molar-refractivity contribution in [2.75, 3.05) is 5.32 Å². The van der Waals surface area contributed by atoms with Crippen molar-refractivity contribution in [1.29, 1.82) is 0 Å². The third kappa shape index (κ3) is 3.75. The molecule has 0 radical (unpaired) electrons. The second kappa shape index (κ2) is 7.28. The van der Waals surface area contributed by atoms with Crippen molar-refractivity contribution in [2.45, 2.75) is 13.8 Å². The van der Waals surface area contributed by atoms with Crippen LogP contribution in [0.2, 0.25) is 0 Å². The minimum absolute atomic E-state index is 0.0952. The number of aryl methyl sites for hydroxylation is 2. The first-order chi connectivity index (χ1) is 13.9. The number of carbonyl (C=O) groups is 1. The summed E-state index contributed by atoms with van der Waals surface area (Å²) in [6.45, 7) is 3.86. The molecule has 4 aromatic rings. The summed E-state index contributed by atoms with van der Waals surface area (Å²) in [5.74, 6) is 0.322. The molecule has 0 saturated heterocycles. The zero-order valence-electron chi connectivity index (χ0n) is 16.0. The highest BCUT2D eigenvalue weighted by molar-refractivity contribution is 6.04. The van der Waals surface area contributed by atoms with Crippen LogP contribution in [0.15, 0.2) is 75.9 Å². The van der Waals surface area contributed by atoms with E-state index in [9.17, 15) is 14.7 Å². The van der Waals surface area contributed by atoms with Crippen LogP contribution < -0.4 is 10.7 Å². The van der Waals surface area contributed by atoms with Gasteiger partial charge in [-0.1, -0.05) is 18.2 Å². The lowest BCUT2D eigenvalue weighted by Gasteiger charge is -2.08. The first-order valence-electron chi connectivity index (χ1n) is 9.16. The summed E-state index contributed by atoms with van der Waals surface area (Å²) in [5, 5.41) is 12.7. The summed E-state index contributed by atoms with van der Waals surface area (Å²) in [4.78, 5) is 24.9. The van der Waals surface area contributed by atoms with E-state index in [-0.39, 0.29) is 17.1 Å². The van der Waals surface area contributed by atoms with Crippen LogP contribution in [0.4, 0.5) is 5.69 Å². The number of amides is 1. The maximum Gasteiger partial charge on any atom is 0.255 e. The summed E-state index contributed by atoms with van der Waals surface area (Å²) >= 11 is 0. The highest BCUT2D eigenvalue weighted by atomic mass is 16.3. The van der Waals surface area contributed by atoms with E-state index in [0.29, 0.717) is 33.5 Å². The first kappa shape index (κ1) is 18.5. The minimum Gasteiger partial charge on any atom is -0.508 e. The lowest BCUT2D eigenvalue weighted by Crippen LogP contribution is -2.11. The lowest BCUT2D eigenvalue weighted by atomic mass is 10.1. The Labute approximate surface area is 167 Å². The van der Waals surface area contributed by atoms with E-state index in [0.717, 1.165) is 11.1 Å². The molecule has 0 aliphatic carbocycles. The molecule has 0 saturated carbocycles. The van der Waals surface area contributed by atoms with E-state index < -0.39 is 0 Å². The predicted molar refractivity (Wildman–Crippen MR) is 113 cm³/mol. The monoisotopic (exact) mass is 385 g/mol. The van der Waals surface area contributed by atoms with Crippen LogP contribution in [0, 0.1) is 13.8 Å². The molecule has 1 amide bonds. The number of anilines is 1. The van der Waals surface area contributed by atoms with Crippen molar-refractivity contribution in [3.63, 3.8) is 0 Å². The molecule has 29 heavy (non-hydrogen) atoms. The zero-order chi connectivity index (χ0) is 20.5. The molecule has 0 spiro atoms. The average molecular weight is 385 g/mol. The second-order valence-electron chi connectivity index (χ2n) is 7.01. The quantitative estimate of drug-likeness (QED) is 0.485. The number of hydrogen-bond acceptors (Lipinski definition) is 4. The number of aromatic hydroxyl groups is 1. The van der Waals surface area contributed by atoms with Crippen LogP contribution in [0.5, 0.6) is 5.75 Å². The number of fused-ring (bicyclic) bond motifs is 1. The van der Waals surface area contributed by atoms with Crippen LogP contribution in [-0.4, -0.2) is 11.0 Å². The van der Waals surface area contributed by atoms with Crippen LogP contribution in [-0.2, 0) is 0 Å². The third-order valence-electron chi connectivity index (χ3n) is 4.72. The number of phenolic OH excluding ortho intramolecular Hbond substituents is 1. The fourth-order valence-electron chi connectivity index (χ4n) is 3.29. The van der Waals surface area contributed by atoms with Gasteiger partial charge in [-0.2, -0.15) is 0 Å². The van der Waals surface area contributed by atoms with Gasteiger partial charge < -0.3 is 14.8 Å². The molecule has 5 heteroatoms. The fourth-order valence-corrected chi connectivity index (χ4v) is 3.29. The average Bonchev–Trinajstić information content (AvgIpc) is 2.70. The van der Waals surface area contributed by atoms with E-state index in [2.05, 4.69) is 5.32 Å². The molecular weight excluding hydrogens is 366 g/mol. The molecule has 4 rings (SSSR count). The van der Waals surface area contributed by atoms with Gasteiger partial charge in [-0.3, -0.25) is 9.59 Å². The van der Waals surface area contributed by atoms with Gasteiger partial charge >= 0.3 is 0 Å². The van der Waals surface area contributed by atoms with Crippen molar-refractivity contribution in [2.24, 2.45) is 0 Å². The molecule has 0 unspecified atom stereocenters. The van der Waals surface area contributed by atoms with Gasteiger partial charge in [0.25, 0.3) is 5.91 Å². The highest BCUT2D eigenvalue weighted by Crippen LogP contribution is 2.25. The SMILES string of the molecule is Cc1cc(C)c2oc(-c3ccc(C(=O)Nc4ccc(O)cc4)cc3)cc(=O)c2c1. The number of hydrogen-bond donors (Lipinski definition) is 2. The molecule has 1 aromatic heterocycles. The Kier molecular flexibility index (Phi) is 4.64. The molecule has 2 N–H and O–H groups in total. The van der Waals surface area contributed by atoms with Gasteiger partial charge in [0.15, 0.2) is 5.43 Å². The van der Waals surface area contributed by atoms with Crippen molar-refractivity contribution in [3.05, 3.63) is 93.6 Å². The number of carbonyl (C=O) groups excluding carboxylic acids is 1. The van der Waals surface area contributed by atoms with E-state index >= 15 is 0 Å². The Morgan fingerprint density at radius 2 is 1.62 bits per heavy atom. The highest BCUT2D eigenvalue weighted by Gasteiger charge is 2.11. The van der Waals surface area contributed by atoms with Gasteiger partial charge in [-0.15, -0.1) is 0 Å². The Morgan fingerprint density at radius 1 is 0.931 bits per heavy atom. The summed E-state index contributed by atoms with van der Waals surface area (Å²) in [6, 6.07) is 18.4. The van der Waals surface area contributed by atoms with Gasteiger partial charge in [0.2, 0.25) is 0 Å². The van der Waals surface area contributed by atoms with Crippen LogP contribution in [0.25, 0.3) is 22.3 Å². The van der Waals surface area contributed by atoms with Gasteiger partial charge in [0.1, 0.15) is 17.1 Å². The maximum absolute atomic E-state index is 12.5. The number of rotatable bonds is 3. The topological polar surface area (TPSA) is 79.5 Å². The Hall–Kier alpha value is -3.86. The normalized spacial score (nSPS) is 10.8. The van der Waals surface area contributed by atoms with Gasteiger partial charge in [0.05, 0.1) is 5.39 Å². The third-order valence-corrected chi connectivity index (χ3v) is 4.72. The van der Waals surface area contributed by atoms with Gasteiger partial charge in [0, 0.05) is 22.9 Å². The largest absolute Gasteiger partial charge is 0.508 e. The summed E-state index contributed by atoms with van der Waals surface area (Å²) in [6.07, 6.45) is 0. The minimum atomic E-state index is -0.270. The van der Waals surface area contributed by atoms with Crippen molar-refractivity contribution in [3.8, 4) is 17.1 Å². The van der Waals surface area contributed by atoms with Crippen LogP contribution in [0.1, 0.15) is 21.5 Å². The van der Waals surface area contributed by atoms with E-state index in [1.165, 1.54) is 18.2 Å². The molecule has 0 fully saturated rings. The Bertz CT molecular complexity index is 1270. The molecule has 0 atom stereocenters. The number of nitrogens with one attached hydrogen (secondary N) is 1. The van der Waals surface area contributed by atoms with Crippen LogP contribution in [0.3, 0.4) is 0 Å². The van der Waals surface area contributed by atoms with Gasteiger partial charge in [-0.05, 0) is 67.4 Å².